The molecule has 0 bridgehead atoms. The molecule has 0 radical (unpaired) electrons. The van der Waals surface area contributed by atoms with Gasteiger partial charge in [0.2, 0.25) is 0 Å². The molecule has 0 aliphatic heterocycles. The van der Waals surface area contributed by atoms with Crippen LogP contribution < -0.4 is 0 Å². The number of thiophene rings is 1. The second kappa shape index (κ2) is 4.96. The summed E-state index contributed by atoms with van der Waals surface area (Å²) in [6.07, 6.45) is 1.93. The molecule has 2 nitrogen and oxygen atoms in total. The molecular formula is C15H10N2S2. The number of aromatic nitrogens is 1. The van der Waals surface area contributed by atoms with Gasteiger partial charge >= 0.3 is 0 Å². The number of thiazole rings is 1. The number of allylic oxidation sites excluding steroid dienone is 1. The van der Waals surface area contributed by atoms with E-state index in [1.54, 1.807) is 11.3 Å². The maximum atomic E-state index is 9.31. The van der Waals surface area contributed by atoms with E-state index in [0.29, 0.717) is 5.57 Å². The highest BCUT2D eigenvalue weighted by molar-refractivity contribution is 7.17. The first-order valence-corrected chi connectivity index (χ1v) is 7.54. The van der Waals surface area contributed by atoms with Gasteiger partial charge in [-0.15, -0.1) is 22.7 Å². The van der Waals surface area contributed by atoms with E-state index < -0.39 is 0 Å². The van der Waals surface area contributed by atoms with Crippen molar-refractivity contribution in [1.29, 1.82) is 5.26 Å². The third-order valence-electron chi connectivity index (χ3n) is 2.78. The second-order valence-corrected chi connectivity index (χ2v) is 5.92. The van der Waals surface area contributed by atoms with Gasteiger partial charge in [-0.3, -0.25) is 0 Å². The van der Waals surface area contributed by atoms with E-state index in [0.717, 1.165) is 16.3 Å². The number of nitrogens with zero attached hydrogens (tertiary/aromatic N) is 2. The van der Waals surface area contributed by atoms with Gasteiger partial charge in [-0.05, 0) is 35.4 Å². The lowest BCUT2D eigenvalue weighted by Gasteiger charge is -1.94. The predicted molar refractivity (Wildman–Crippen MR) is 82.2 cm³/mol. The van der Waals surface area contributed by atoms with Crippen LogP contribution in [0.25, 0.3) is 21.7 Å². The normalized spacial score (nSPS) is 11.7. The van der Waals surface area contributed by atoms with Crippen molar-refractivity contribution < 1.29 is 0 Å². The van der Waals surface area contributed by atoms with Crippen LogP contribution in [-0.4, -0.2) is 4.98 Å². The van der Waals surface area contributed by atoms with E-state index in [9.17, 15) is 5.26 Å². The van der Waals surface area contributed by atoms with E-state index in [2.05, 4.69) is 28.6 Å². The van der Waals surface area contributed by atoms with Gasteiger partial charge in [0, 0.05) is 15.8 Å². The maximum absolute atomic E-state index is 9.31. The van der Waals surface area contributed by atoms with Crippen molar-refractivity contribution >= 4 is 44.4 Å². The highest BCUT2D eigenvalue weighted by Crippen LogP contribution is 2.29. The second-order valence-electron chi connectivity index (χ2n) is 4.15. The molecule has 2 aromatic heterocycles. The Balaban J connectivity index is 2.11. The van der Waals surface area contributed by atoms with Gasteiger partial charge in [-0.1, -0.05) is 18.2 Å². The lowest BCUT2D eigenvalue weighted by Crippen LogP contribution is -1.80. The minimum Gasteiger partial charge on any atom is -0.241 e. The molecule has 0 aliphatic carbocycles. The number of aryl methyl sites for hydroxylation is 1. The van der Waals surface area contributed by atoms with Gasteiger partial charge in [0.1, 0.15) is 11.1 Å². The van der Waals surface area contributed by atoms with Crippen molar-refractivity contribution in [3.63, 3.8) is 0 Å². The summed E-state index contributed by atoms with van der Waals surface area (Å²) in [4.78, 5) is 4.37. The molecule has 0 amide bonds. The Morgan fingerprint density at radius 3 is 2.84 bits per heavy atom. The third-order valence-corrected chi connectivity index (χ3v) is 4.76. The average molecular weight is 282 g/mol. The number of nitriles is 1. The highest BCUT2D eigenvalue weighted by Gasteiger charge is 2.08. The van der Waals surface area contributed by atoms with E-state index in [-0.39, 0.29) is 0 Å². The number of benzene rings is 1. The van der Waals surface area contributed by atoms with Crippen LogP contribution in [0.15, 0.2) is 35.0 Å². The molecule has 0 saturated heterocycles. The number of rotatable bonds is 2. The zero-order valence-corrected chi connectivity index (χ0v) is 11.9. The minimum absolute atomic E-state index is 0.627. The summed E-state index contributed by atoms with van der Waals surface area (Å²) >= 11 is 3.21. The Bertz CT molecular complexity index is 803. The quantitative estimate of drug-likeness (QED) is 0.637. The summed E-state index contributed by atoms with van der Waals surface area (Å²) in [6.45, 7) is 1.94. The van der Waals surface area contributed by atoms with Crippen molar-refractivity contribution in [3.8, 4) is 6.07 Å². The Hall–Kier alpha value is -1.96. The van der Waals surface area contributed by atoms with Gasteiger partial charge in [0.25, 0.3) is 0 Å². The lowest BCUT2D eigenvalue weighted by atomic mass is 10.1. The van der Waals surface area contributed by atoms with Crippen molar-refractivity contribution in [2.75, 3.05) is 0 Å². The van der Waals surface area contributed by atoms with E-state index in [4.69, 9.17) is 0 Å². The molecule has 3 rings (SSSR count). The molecular weight excluding hydrogens is 272 g/mol. The van der Waals surface area contributed by atoms with Crippen molar-refractivity contribution in [2.24, 2.45) is 0 Å². The standard InChI is InChI=1S/C15H10N2S2/c1-10-8-19-15(17-10)11(7-16)6-12-9-18-14-5-3-2-4-13(12)14/h2-6,8-9H,1H3. The van der Waals surface area contributed by atoms with Crippen molar-refractivity contribution in [1.82, 2.24) is 4.98 Å². The fourth-order valence-corrected chi connectivity index (χ4v) is 3.57. The monoisotopic (exact) mass is 282 g/mol. The topological polar surface area (TPSA) is 36.7 Å². The van der Waals surface area contributed by atoms with Crippen LogP contribution >= 0.6 is 22.7 Å². The Labute approximate surface area is 119 Å². The summed E-state index contributed by atoms with van der Waals surface area (Å²) in [7, 11) is 0. The van der Waals surface area contributed by atoms with Crippen LogP contribution in [0.1, 0.15) is 16.3 Å². The summed E-state index contributed by atoms with van der Waals surface area (Å²) in [5, 5.41) is 15.3. The molecule has 0 atom stereocenters. The summed E-state index contributed by atoms with van der Waals surface area (Å²) < 4.78 is 1.24. The van der Waals surface area contributed by atoms with Crippen molar-refractivity contribution in [3.05, 3.63) is 51.3 Å². The van der Waals surface area contributed by atoms with Crippen LogP contribution in [-0.2, 0) is 0 Å². The van der Waals surface area contributed by atoms with E-state index >= 15 is 0 Å². The summed E-state index contributed by atoms with van der Waals surface area (Å²) in [5.74, 6) is 0. The van der Waals surface area contributed by atoms with Crippen LogP contribution in [0.5, 0.6) is 0 Å². The molecule has 92 valence electrons. The Morgan fingerprint density at radius 2 is 2.11 bits per heavy atom. The fourth-order valence-electron chi connectivity index (χ4n) is 1.89. The van der Waals surface area contributed by atoms with Gasteiger partial charge in [0.15, 0.2) is 0 Å². The number of hydrogen-bond acceptors (Lipinski definition) is 4. The zero-order chi connectivity index (χ0) is 13.2. The summed E-state index contributed by atoms with van der Waals surface area (Å²) in [5.41, 5.74) is 2.67. The largest absolute Gasteiger partial charge is 0.241 e. The molecule has 0 spiro atoms. The molecule has 0 fully saturated rings. The smallest absolute Gasteiger partial charge is 0.134 e. The van der Waals surface area contributed by atoms with Gasteiger partial charge in [-0.25, -0.2) is 4.98 Å². The van der Waals surface area contributed by atoms with E-state index in [1.165, 1.54) is 21.4 Å². The minimum atomic E-state index is 0.627. The highest BCUT2D eigenvalue weighted by atomic mass is 32.1. The van der Waals surface area contributed by atoms with Gasteiger partial charge in [-0.2, -0.15) is 5.26 Å². The van der Waals surface area contributed by atoms with Crippen LogP contribution in [0.3, 0.4) is 0 Å². The third kappa shape index (κ3) is 2.30. The van der Waals surface area contributed by atoms with Gasteiger partial charge in [0.05, 0.1) is 5.57 Å². The van der Waals surface area contributed by atoms with Crippen LogP contribution in [0.2, 0.25) is 0 Å². The molecule has 3 aromatic rings. The molecule has 2 heterocycles. The fraction of sp³-hybridized carbons (Fsp3) is 0.0667. The first-order valence-electron chi connectivity index (χ1n) is 5.78. The predicted octanol–water partition coefficient (Wildman–Crippen LogP) is 4.73. The van der Waals surface area contributed by atoms with Gasteiger partial charge < -0.3 is 0 Å². The molecule has 0 aliphatic rings. The van der Waals surface area contributed by atoms with Crippen LogP contribution in [0, 0.1) is 18.3 Å². The number of fused-ring (bicyclic) bond motifs is 1. The maximum Gasteiger partial charge on any atom is 0.134 e. The SMILES string of the molecule is Cc1csc(C(C#N)=Cc2csc3ccccc23)n1. The number of hydrogen-bond donors (Lipinski definition) is 0. The Kier molecular flexibility index (Phi) is 3.16. The average Bonchev–Trinajstić information content (AvgIpc) is 3.03. The molecule has 1 aromatic carbocycles. The lowest BCUT2D eigenvalue weighted by molar-refractivity contribution is 1.25. The molecule has 0 N–H and O–H groups in total. The summed E-state index contributed by atoms with van der Waals surface area (Å²) in [6, 6.07) is 10.5. The molecule has 0 saturated carbocycles. The molecule has 19 heavy (non-hydrogen) atoms. The van der Waals surface area contributed by atoms with E-state index in [1.807, 2.05) is 30.5 Å². The zero-order valence-electron chi connectivity index (χ0n) is 10.3. The Morgan fingerprint density at radius 1 is 1.26 bits per heavy atom. The van der Waals surface area contributed by atoms with Crippen molar-refractivity contribution in [2.45, 2.75) is 6.92 Å². The molecule has 4 heteroatoms. The first-order chi connectivity index (χ1) is 9.28. The van der Waals surface area contributed by atoms with Crippen LogP contribution in [0.4, 0.5) is 0 Å². The first kappa shape index (κ1) is 12.1. The molecule has 0 unspecified atom stereocenters.